The Morgan fingerprint density at radius 1 is 1.53 bits per heavy atom. The van der Waals surface area contributed by atoms with Gasteiger partial charge in [-0.25, -0.2) is 4.98 Å². The van der Waals surface area contributed by atoms with Crippen molar-refractivity contribution in [3.8, 4) is 0 Å². The molecule has 0 amide bonds. The third kappa shape index (κ3) is 3.48. The number of rotatable bonds is 3. The highest BCUT2D eigenvalue weighted by Crippen LogP contribution is 2.36. The molecule has 0 fully saturated rings. The molecule has 7 heteroatoms. The molecule has 0 spiro atoms. The molecule has 1 atom stereocenters. The summed E-state index contributed by atoms with van der Waals surface area (Å²) >= 11 is 8.62. The quantitative estimate of drug-likeness (QED) is 0.780. The first-order valence-electron chi connectivity index (χ1n) is 4.79. The highest BCUT2D eigenvalue weighted by molar-refractivity contribution is 9.10. The summed E-state index contributed by atoms with van der Waals surface area (Å²) in [7, 11) is 1.54. The van der Waals surface area contributed by atoms with Gasteiger partial charge in [-0.3, -0.25) is 0 Å². The highest BCUT2D eigenvalue weighted by Gasteiger charge is 2.36. The van der Waals surface area contributed by atoms with Crippen molar-refractivity contribution in [2.45, 2.75) is 19.1 Å². The van der Waals surface area contributed by atoms with E-state index in [4.69, 9.17) is 11.6 Å². The minimum Gasteiger partial charge on any atom is -0.355 e. The van der Waals surface area contributed by atoms with Crippen LogP contribution in [0.15, 0.2) is 16.7 Å². The van der Waals surface area contributed by atoms with E-state index in [0.717, 1.165) is 6.07 Å². The molecule has 2 nitrogen and oxygen atoms in total. The van der Waals surface area contributed by atoms with Crippen molar-refractivity contribution in [2.24, 2.45) is 0 Å². The molecule has 1 aromatic rings. The van der Waals surface area contributed by atoms with Gasteiger partial charge in [-0.15, -0.1) is 11.6 Å². The lowest BCUT2D eigenvalue weighted by Crippen LogP contribution is -2.32. The third-order valence-electron chi connectivity index (χ3n) is 2.36. The Hall–Kier alpha value is -0.490. The van der Waals surface area contributed by atoms with Crippen LogP contribution in [-0.2, 0) is 6.18 Å². The molecule has 0 aromatic carbocycles. The average Bonchev–Trinajstić information content (AvgIpc) is 2.25. The Bertz CT molecular complexity index is 398. The minimum atomic E-state index is -4.44. The molecule has 1 rings (SSSR count). The predicted octanol–water partition coefficient (Wildman–Crippen LogP) is 3.93. The van der Waals surface area contributed by atoms with Gasteiger partial charge in [0.25, 0.3) is 0 Å². The van der Waals surface area contributed by atoms with Crippen molar-refractivity contribution in [2.75, 3.05) is 17.8 Å². The molecule has 0 radical (unpaired) electrons. The first kappa shape index (κ1) is 14.6. The smallest absolute Gasteiger partial charge is 0.355 e. The summed E-state index contributed by atoms with van der Waals surface area (Å²) in [6, 6.07) is 0.784. The zero-order valence-electron chi connectivity index (χ0n) is 9.22. The van der Waals surface area contributed by atoms with Crippen LogP contribution in [0.2, 0.25) is 0 Å². The number of nitrogens with zero attached hydrogens (tertiary/aromatic N) is 2. The molecule has 0 aliphatic heterocycles. The average molecular weight is 332 g/mol. The van der Waals surface area contributed by atoms with Crippen LogP contribution in [0, 0.1) is 0 Å². The van der Waals surface area contributed by atoms with Crippen molar-refractivity contribution < 1.29 is 13.2 Å². The first-order valence-corrected chi connectivity index (χ1v) is 6.11. The van der Waals surface area contributed by atoms with E-state index in [0.29, 0.717) is 4.47 Å². The second kappa shape index (κ2) is 5.44. The van der Waals surface area contributed by atoms with Gasteiger partial charge < -0.3 is 4.90 Å². The molecule has 0 aliphatic carbocycles. The van der Waals surface area contributed by atoms with Gasteiger partial charge in [-0.2, -0.15) is 13.2 Å². The Labute approximate surface area is 111 Å². The van der Waals surface area contributed by atoms with Crippen LogP contribution in [0.25, 0.3) is 0 Å². The van der Waals surface area contributed by atoms with Crippen molar-refractivity contribution in [3.05, 3.63) is 22.3 Å². The number of anilines is 1. The standard InChI is InChI=1S/C10H11BrClF3N2/c1-6(4-12)17(2)9-8(10(13,14)15)3-7(11)5-16-9/h3,5-6H,4H2,1-2H3. The van der Waals surface area contributed by atoms with E-state index < -0.39 is 11.7 Å². The highest BCUT2D eigenvalue weighted by atomic mass is 79.9. The predicted molar refractivity (Wildman–Crippen MR) is 65.5 cm³/mol. The van der Waals surface area contributed by atoms with Gasteiger partial charge in [0.05, 0.1) is 5.56 Å². The van der Waals surface area contributed by atoms with E-state index in [2.05, 4.69) is 20.9 Å². The van der Waals surface area contributed by atoms with E-state index in [1.54, 1.807) is 14.0 Å². The van der Waals surface area contributed by atoms with Crippen LogP contribution in [-0.4, -0.2) is 24.0 Å². The Kier molecular flexibility index (Phi) is 4.66. The molecule has 1 aromatic heterocycles. The molecule has 0 bridgehead atoms. The van der Waals surface area contributed by atoms with E-state index in [-0.39, 0.29) is 17.7 Å². The Balaban J connectivity index is 3.24. The van der Waals surface area contributed by atoms with Crippen LogP contribution in [0.4, 0.5) is 19.0 Å². The fraction of sp³-hybridized carbons (Fsp3) is 0.500. The normalized spacial score (nSPS) is 13.6. The maximum Gasteiger partial charge on any atom is 0.419 e. The summed E-state index contributed by atoms with van der Waals surface area (Å²) in [6.07, 6.45) is -3.10. The van der Waals surface area contributed by atoms with Gasteiger partial charge in [0.1, 0.15) is 5.82 Å². The Morgan fingerprint density at radius 2 is 2.12 bits per heavy atom. The Morgan fingerprint density at radius 3 is 2.59 bits per heavy atom. The number of pyridine rings is 1. The van der Waals surface area contributed by atoms with Gasteiger partial charge in [-0.1, -0.05) is 0 Å². The molecule has 0 aliphatic rings. The summed E-state index contributed by atoms with van der Waals surface area (Å²) in [5.74, 6) is 0.111. The van der Waals surface area contributed by atoms with E-state index >= 15 is 0 Å². The van der Waals surface area contributed by atoms with Crippen molar-refractivity contribution in [3.63, 3.8) is 0 Å². The largest absolute Gasteiger partial charge is 0.419 e. The SMILES string of the molecule is CC(CCl)N(C)c1ncc(Br)cc1C(F)(F)F. The molecule has 0 saturated carbocycles. The zero-order chi connectivity index (χ0) is 13.2. The number of alkyl halides is 4. The zero-order valence-corrected chi connectivity index (χ0v) is 11.6. The number of hydrogen-bond donors (Lipinski definition) is 0. The third-order valence-corrected chi connectivity index (χ3v) is 3.24. The van der Waals surface area contributed by atoms with Gasteiger partial charge in [-0.05, 0) is 28.9 Å². The topological polar surface area (TPSA) is 16.1 Å². The number of hydrogen-bond acceptors (Lipinski definition) is 2. The van der Waals surface area contributed by atoms with Crippen molar-refractivity contribution in [1.82, 2.24) is 4.98 Å². The van der Waals surface area contributed by atoms with E-state index in [9.17, 15) is 13.2 Å². The van der Waals surface area contributed by atoms with Crippen LogP contribution in [0.1, 0.15) is 12.5 Å². The lowest BCUT2D eigenvalue weighted by molar-refractivity contribution is -0.137. The summed E-state index contributed by atoms with van der Waals surface area (Å²) < 4.78 is 38.8. The van der Waals surface area contributed by atoms with Crippen LogP contribution < -0.4 is 4.90 Å². The van der Waals surface area contributed by atoms with Gasteiger partial charge in [0.15, 0.2) is 0 Å². The second-order valence-corrected chi connectivity index (χ2v) is 4.86. The van der Waals surface area contributed by atoms with Crippen LogP contribution in [0.3, 0.4) is 0 Å². The summed E-state index contributed by atoms with van der Waals surface area (Å²) in [4.78, 5) is 5.23. The molecular weight excluding hydrogens is 320 g/mol. The van der Waals surface area contributed by atoms with Crippen LogP contribution >= 0.6 is 27.5 Å². The van der Waals surface area contributed by atoms with Gasteiger partial charge in [0.2, 0.25) is 0 Å². The fourth-order valence-corrected chi connectivity index (χ4v) is 1.77. The lowest BCUT2D eigenvalue weighted by atomic mass is 10.2. The van der Waals surface area contributed by atoms with E-state index in [1.165, 1.54) is 11.1 Å². The maximum atomic E-state index is 12.8. The number of aromatic nitrogens is 1. The molecule has 1 unspecified atom stereocenters. The first-order chi connectivity index (χ1) is 7.77. The number of halogens is 5. The summed E-state index contributed by atoms with van der Waals surface area (Å²) in [5, 5.41) is 0. The second-order valence-electron chi connectivity index (χ2n) is 3.64. The van der Waals surface area contributed by atoms with Crippen molar-refractivity contribution in [1.29, 1.82) is 0 Å². The molecular formula is C10H11BrClF3N2. The summed E-state index contributed by atoms with van der Waals surface area (Å²) in [6.45, 7) is 1.73. The summed E-state index contributed by atoms with van der Waals surface area (Å²) in [5.41, 5.74) is -0.772. The van der Waals surface area contributed by atoms with Gasteiger partial charge in [0, 0.05) is 29.6 Å². The molecule has 17 heavy (non-hydrogen) atoms. The van der Waals surface area contributed by atoms with Crippen LogP contribution in [0.5, 0.6) is 0 Å². The van der Waals surface area contributed by atoms with Gasteiger partial charge >= 0.3 is 6.18 Å². The lowest BCUT2D eigenvalue weighted by Gasteiger charge is -2.27. The molecule has 1 heterocycles. The van der Waals surface area contributed by atoms with Crippen molar-refractivity contribution >= 4 is 33.3 Å². The molecule has 96 valence electrons. The minimum absolute atomic E-state index is 0.117. The maximum absolute atomic E-state index is 12.8. The molecule has 0 N–H and O–H groups in total. The molecule has 0 saturated heterocycles. The monoisotopic (exact) mass is 330 g/mol. The van der Waals surface area contributed by atoms with E-state index in [1.807, 2.05) is 0 Å². The fourth-order valence-electron chi connectivity index (χ4n) is 1.23.